The number of halogens is 1. The van der Waals surface area contributed by atoms with E-state index in [0.29, 0.717) is 6.42 Å². The summed E-state index contributed by atoms with van der Waals surface area (Å²) in [5.41, 5.74) is 1.18. The monoisotopic (exact) mass is 299 g/mol. The number of amides is 1. The van der Waals surface area contributed by atoms with Gasteiger partial charge in [0.05, 0.1) is 12.4 Å². The molecule has 1 aliphatic heterocycles. The van der Waals surface area contributed by atoms with E-state index < -0.39 is 11.3 Å². The molecule has 0 spiro atoms. The lowest BCUT2D eigenvalue weighted by atomic mass is 10.1. The molecule has 19 heavy (non-hydrogen) atoms. The fourth-order valence-corrected chi connectivity index (χ4v) is 3.23. The number of benzene rings is 1. The number of thioether (sulfide) groups is 1. The normalized spacial score (nSPS) is 18.5. The Balaban J connectivity index is 1.85. The lowest BCUT2D eigenvalue weighted by molar-refractivity contribution is -0.140. The van der Waals surface area contributed by atoms with Crippen molar-refractivity contribution < 1.29 is 14.3 Å². The zero-order valence-corrected chi connectivity index (χ0v) is 12.0. The van der Waals surface area contributed by atoms with E-state index in [2.05, 4.69) is 10.1 Å². The zero-order valence-electron chi connectivity index (χ0n) is 10.4. The number of rotatable bonds is 4. The van der Waals surface area contributed by atoms with Gasteiger partial charge in [0.15, 0.2) is 0 Å². The number of carbonyl (C=O) groups is 2. The van der Waals surface area contributed by atoms with Crippen LogP contribution in [0.15, 0.2) is 29.2 Å². The minimum absolute atomic E-state index is 0.0838. The van der Waals surface area contributed by atoms with E-state index in [-0.39, 0.29) is 17.7 Å². The molecule has 0 radical (unpaired) electrons. The zero-order chi connectivity index (χ0) is 13.8. The molecule has 2 rings (SSSR count). The first-order chi connectivity index (χ1) is 9.11. The van der Waals surface area contributed by atoms with Gasteiger partial charge in [0.2, 0.25) is 5.91 Å². The van der Waals surface area contributed by atoms with Crippen molar-refractivity contribution in [3.63, 3.8) is 0 Å². The van der Waals surface area contributed by atoms with Crippen LogP contribution in [0.25, 0.3) is 0 Å². The van der Waals surface area contributed by atoms with Gasteiger partial charge in [-0.05, 0) is 18.1 Å². The maximum Gasteiger partial charge on any atom is 0.325 e. The average Bonchev–Trinajstić information content (AvgIpc) is 2.87. The standard InChI is InChI=1S/C13H14ClNO3S/c1-18-13(17)9(14)7-15-12(16)11-6-8-4-2-3-5-10(8)19-11/h2-5,9,11H,6-7H2,1H3,(H,15,16). The van der Waals surface area contributed by atoms with Crippen molar-refractivity contribution in [2.24, 2.45) is 0 Å². The summed E-state index contributed by atoms with van der Waals surface area (Å²) < 4.78 is 4.49. The first-order valence-corrected chi connectivity index (χ1v) is 7.17. The second-order valence-electron chi connectivity index (χ2n) is 4.15. The molecule has 1 amide bonds. The molecule has 4 nitrogen and oxygen atoms in total. The number of nitrogens with one attached hydrogen (secondary N) is 1. The van der Waals surface area contributed by atoms with Crippen molar-refractivity contribution in [3.05, 3.63) is 29.8 Å². The molecule has 102 valence electrons. The first-order valence-electron chi connectivity index (χ1n) is 5.86. The minimum Gasteiger partial charge on any atom is -0.468 e. The van der Waals surface area contributed by atoms with Gasteiger partial charge >= 0.3 is 5.97 Å². The second kappa shape index (κ2) is 6.30. The number of carbonyl (C=O) groups excluding carboxylic acids is 2. The Bertz CT molecular complexity index is 470. The second-order valence-corrected chi connectivity index (χ2v) is 5.93. The smallest absolute Gasteiger partial charge is 0.325 e. The van der Waals surface area contributed by atoms with E-state index in [9.17, 15) is 9.59 Å². The molecule has 2 atom stereocenters. The van der Waals surface area contributed by atoms with Crippen molar-refractivity contribution in [3.8, 4) is 0 Å². The number of esters is 1. The molecule has 1 aliphatic rings. The van der Waals surface area contributed by atoms with Gasteiger partial charge in [0, 0.05) is 11.4 Å². The molecule has 6 heteroatoms. The molecule has 1 aromatic carbocycles. The molecular formula is C13H14ClNO3S. The Kier molecular flexibility index (Phi) is 4.71. The topological polar surface area (TPSA) is 55.4 Å². The molecule has 1 heterocycles. The van der Waals surface area contributed by atoms with Crippen LogP contribution in [0.4, 0.5) is 0 Å². The van der Waals surface area contributed by atoms with E-state index in [1.807, 2.05) is 24.3 Å². The van der Waals surface area contributed by atoms with Crippen LogP contribution in [0.1, 0.15) is 5.56 Å². The van der Waals surface area contributed by atoms with Crippen LogP contribution in [-0.4, -0.2) is 36.2 Å². The van der Waals surface area contributed by atoms with Gasteiger partial charge in [-0.2, -0.15) is 0 Å². The van der Waals surface area contributed by atoms with Gasteiger partial charge in [-0.1, -0.05) is 18.2 Å². The van der Waals surface area contributed by atoms with Crippen molar-refractivity contribution in [1.29, 1.82) is 0 Å². The molecule has 0 saturated heterocycles. The predicted octanol–water partition coefficient (Wildman–Crippen LogP) is 1.60. The number of methoxy groups -OCH3 is 1. The summed E-state index contributed by atoms with van der Waals surface area (Å²) in [6, 6.07) is 7.95. The van der Waals surface area contributed by atoms with E-state index in [1.54, 1.807) is 0 Å². The fourth-order valence-electron chi connectivity index (χ4n) is 1.84. The summed E-state index contributed by atoms with van der Waals surface area (Å²) in [7, 11) is 1.27. The number of hydrogen-bond donors (Lipinski definition) is 1. The number of hydrogen-bond acceptors (Lipinski definition) is 4. The van der Waals surface area contributed by atoms with Gasteiger partial charge in [0.25, 0.3) is 0 Å². The Morgan fingerprint density at radius 3 is 2.95 bits per heavy atom. The summed E-state index contributed by atoms with van der Waals surface area (Å²) in [6.45, 7) is 0.0838. The molecule has 0 bridgehead atoms. The average molecular weight is 300 g/mol. The summed E-state index contributed by atoms with van der Waals surface area (Å²) in [5.74, 6) is -0.639. The molecule has 1 N–H and O–H groups in total. The Morgan fingerprint density at radius 1 is 1.53 bits per heavy atom. The molecule has 0 aliphatic carbocycles. The highest BCUT2D eigenvalue weighted by molar-refractivity contribution is 8.01. The highest BCUT2D eigenvalue weighted by atomic mass is 35.5. The third kappa shape index (κ3) is 3.42. The van der Waals surface area contributed by atoms with Crippen LogP contribution in [0.5, 0.6) is 0 Å². The van der Waals surface area contributed by atoms with E-state index in [0.717, 1.165) is 4.90 Å². The van der Waals surface area contributed by atoms with Crippen LogP contribution in [0.2, 0.25) is 0 Å². The third-order valence-electron chi connectivity index (χ3n) is 2.85. The van der Waals surface area contributed by atoms with Gasteiger partial charge in [-0.15, -0.1) is 23.4 Å². The lowest BCUT2D eigenvalue weighted by Gasteiger charge is -2.12. The first kappa shape index (κ1) is 14.2. The number of fused-ring (bicyclic) bond motifs is 1. The largest absolute Gasteiger partial charge is 0.468 e. The van der Waals surface area contributed by atoms with Gasteiger partial charge in [-0.3, -0.25) is 9.59 Å². The lowest BCUT2D eigenvalue weighted by Crippen LogP contribution is -2.38. The number of ether oxygens (including phenoxy) is 1. The van der Waals surface area contributed by atoms with Gasteiger partial charge < -0.3 is 10.1 Å². The molecule has 0 aromatic heterocycles. The van der Waals surface area contributed by atoms with Crippen LogP contribution in [0.3, 0.4) is 0 Å². The van der Waals surface area contributed by atoms with Crippen molar-refractivity contribution in [2.75, 3.05) is 13.7 Å². The third-order valence-corrected chi connectivity index (χ3v) is 4.50. The molecule has 0 saturated carbocycles. The molecule has 0 fully saturated rings. The van der Waals surface area contributed by atoms with Crippen LogP contribution in [-0.2, 0) is 20.7 Å². The van der Waals surface area contributed by atoms with Crippen molar-refractivity contribution >= 4 is 35.2 Å². The van der Waals surface area contributed by atoms with E-state index >= 15 is 0 Å². The fraction of sp³-hybridized carbons (Fsp3) is 0.385. The minimum atomic E-state index is -0.845. The van der Waals surface area contributed by atoms with Crippen molar-refractivity contribution in [1.82, 2.24) is 5.32 Å². The quantitative estimate of drug-likeness (QED) is 0.678. The number of alkyl halides is 1. The summed E-state index contributed by atoms with van der Waals surface area (Å²) in [6.07, 6.45) is 0.706. The summed E-state index contributed by atoms with van der Waals surface area (Å²) in [5, 5.41) is 1.68. The highest BCUT2D eigenvalue weighted by Gasteiger charge is 2.28. The Labute approximate surface area is 120 Å². The van der Waals surface area contributed by atoms with Crippen molar-refractivity contribution in [2.45, 2.75) is 21.9 Å². The Morgan fingerprint density at radius 2 is 2.26 bits per heavy atom. The molecule has 2 unspecified atom stereocenters. The van der Waals surface area contributed by atoms with Gasteiger partial charge in [0.1, 0.15) is 5.38 Å². The Hall–Kier alpha value is -1.20. The van der Waals surface area contributed by atoms with Crippen LogP contribution >= 0.6 is 23.4 Å². The predicted molar refractivity (Wildman–Crippen MR) is 74.5 cm³/mol. The maximum atomic E-state index is 12.0. The highest BCUT2D eigenvalue weighted by Crippen LogP contribution is 2.36. The van der Waals surface area contributed by atoms with Crippen LogP contribution in [0, 0.1) is 0 Å². The van der Waals surface area contributed by atoms with E-state index in [1.165, 1.54) is 24.4 Å². The van der Waals surface area contributed by atoms with Gasteiger partial charge in [-0.25, -0.2) is 0 Å². The molecule has 1 aromatic rings. The van der Waals surface area contributed by atoms with E-state index in [4.69, 9.17) is 11.6 Å². The SMILES string of the molecule is COC(=O)C(Cl)CNC(=O)C1Cc2ccccc2S1. The maximum absolute atomic E-state index is 12.0. The molecular weight excluding hydrogens is 286 g/mol. The summed E-state index contributed by atoms with van der Waals surface area (Å²) >= 11 is 7.31. The van der Waals surface area contributed by atoms with Crippen LogP contribution < -0.4 is 5.32 Å². The summed E-state index contributed by atoms with van der Waals surface area (Å²) in [4.78, 5) is 24.2.